The Kier molecular flexibility index (Phi) is 3.86. The molecule has 0 saturated carbocycles. The molecule has 2 heterocycles. The molecule has 92 valence electrons. The van der Waals surface area contributed by atoms with Crippen LogP contribution in [0.1, 0.15) is 17.4 Å². The molecule has 2 aromatic rings. The van der Waals surface area contributed by atoms with E-state index in [-0.39, 0.29) is 0 Å². The molecule has 2 aromatic heterocycles. The zero-order valence-electron chi connectivity index (χ0n) is 9.82. The van der Waals surface area contributed by atoms with Crippen LogP contribution in [-0.2, 0) is 6.54 Å². The fourth-order valence-electron chi connectivity index (χ4n) is 1.44. The zero-order valence-corrected chi connectivity index (χ0v) is 11.5. The van der Waals surface area contributed by atoms with Gasteiger partial charge in [0.15, 0.2) is 16.6 Å². The molecule has 6 heteroatoms. The maximum atomic E-state index is 5.74. The first-order chi connectivity index (χ1) is 8.22. The van der Waals surface area contributed by atoms with Gasteiger partial charge in [-0.25, -0.2) is 0 Å². The molecule has 0 fully saturated rings. The van der Waals surface area contributed by atoms with Crippen molar-refractivity contribution in [3.05, 3.63) is 21.9 Å². The SMILES string of the molecule is CCOc1c(N)nsc1NCc1sccc1C. The van der Waals surface area contributed by atoms with Crippen molar-refractivity contribution in [1.82, 2.24) is 4.37 Å². The lowest BCUT2D eigenvalue weighted by molar-refractivity contribution is 0.344. The van der Waals surface area contributed by atoms with Crippen molar-refractivity contribution in [3.63, 3.8) is 0 Å². The number of aryl methyl sites for hydroxylation is 1. The summed E-state index contributed by atoms with van der Waals surface area (Å²) in [6, 6.07) is 2.12. The Morgan fingerprint density at radius 3 is 3.00 bits per heavy atom. The number of hydrogen-bond acceptors (Lipinski definition) is 6. The summed E-state index contributed by atoms with van der Waals surface area (Å²) >= 11 is 3.08. The minimum Gasteiger partial charge on any atom is -0.487 e. The van der Waals surface area contributed by atoms with Crippen molar-refractivity contribution in [2.45, 2.75) is 20.4 Å². The van der Waals surface area contributed by atoms with Crippen molar-refractivity contribution in [2.75, 3.05) is 17.7 Å². The molecule has 4 nitrogen and oxygen atoms in total. The van der Waals surface area contributed by atoms with Gasteiger partial charge in [0.2, 0.25) is 0 Å². The van der Waals surface area contributed by atoms with E-state index in [9.17, 15) is 0 Å². The first-order valence-corrected chi connectivity index (χ1v) is 7.02. The first kappa shape index (κ1) is 12.2. The number of nitrogens with two attached hydrogens (primary N) is 1. The normalized spacial score (nSPS) is 10.5. The number of nitrogens with one attached hydrogen (secondary N) is 1. The van der Waals surface area contributed by atoms with E-state index in [1.807, 2.05) is 6.92 Å². The molecule has 0 radical (unpaired) electrons. The number of nitrogen functional groups attached to an aromatic ring is 1. The number of nitrogens with zero attached hydrogens (tertiary/aromatic N) is 1. The molecule has 0 saturated heterocycles. The zero-order chi connectivity index (χ0) is 12.3. The smallest absolute Gasteiger partial charge is 0.197 e. The van der Waals surface area contributed by atoms with Gasteiger partial charge < -0.3 is 15.8 Å². The Morgan fingerprint density at radius 1 is 1.53 bits per heavy atom. The van der Waals surface area contributed by atoms with Crippen LogP contribution in [0.5, 0.6) is 5.75 Å². The van der Waals surface area contributed by atoms with E-state index in [1.165, 1.54) is 22.0 Å². The Balaban J connectivity index is 2.06. The average Bonchev–Trinajstić information content (AvgIpc) is 2.86. The van der Waals surface area contributed by atoms with E-state index < -0.39 is 0 Å². The van der Waals surface area contributed by atoms with E-state index in [2.05, 4.69) is 28.1 Å². The number of aromatic nitrogens is 1. The second kappa shape index (κ2) is 5.37. The lowest BCUT2D eigenvalue weighted by Crippen LogP contribution is -2.01. The van der Waals surface area contributed by atoms with Crippen LogP contribution >= 0.6 is 22.9 Å². The third-order valence-electron chi connectivity index (χ3n) is 2.34. The minimum atomic E-state index is 0.460. The predicted molar refractivity (Wildman–Crippen MR) is 74.1 cm³/mol. The highest BCUT2D eigenvalue weighted by atomic mass is 32.1. The quantitative estimate of drug-likeness (QED) is 0.875. The minimum absolute atomic E-state index is 0.460. The van der Waals surface area contributed by atoms with Gasteiger partial charge in [-0.2, -0.15) is 4.37 Å². The lowest BCUT2D eigenvalue weighted by atomic mass is 10.3. The average molecular weight is 269 g/mol. The second-order valence-electron chi connectivity index (χ2n) is 3.54. The number of rotatable bonds is 5. The number of ether oxygens (including phenoxy) is 1. The van der Waals surface area contributed by atoms with Gasteiger partial charge in [0.05, 0.1) is 13.2 Å². The summed E-state index contributed by atoms with van der Waals surface area (Å²) in [4.78, 5) is 1.32. The van der Waals surface area contributed by atoms with Crippen LogP contribution in [0.25, 0.3) is 0 Å². The summed E-state index contributed by atoms with van der Waals surface area (Å²) in [5.74, 6) is 1.13. The van der Waals surface area contributed by atoms with Gasteiger partial charge in [-0.1, -0.05) is 0 Å². The molecule has 0 aromatic carbocycles. The van der Waals surface area contributed by atoms with Gasteiger partial charge in [0.25, 0.3) is 0 Å². The van der Waals surface area contributed by atoms with Crippen LogP contribution in [0.2, 0.25) is 0 Å². The van der Waals surface area contributed by atoms with E-state index in [0.717, 1.165) is 11.5 Å². The summed E-state index contributed by atoms with van der Waals surface area (Å²) in [6.07, 6.45) is 0. The molecule has 0 unspecified atom stereocenters. The Hall–Kier alpha value is -1.27. The molecule has 17 heavy (non-hydrogen) atoms. The molecule has 0 aliphatic rings. The summed E-state index contributed by atoms with van der Waals surface area (Å²) in [6.45, 7) is 5.42. The Bertz CT molecular complexity index is 493. The molecular formula is C11H15N3OS2. The molecule has 0 aliphatic heterocycles. The van der Waals surface area contributed by atoms with Crippen molar-refractivity contribution in [3.8, 4) is 5.75 Å². The second-order valence-corrected chi connectivity index (χ2v) is 5.31. The predicted octanol–water partition coefficient (Wildman–Crippen LogP) is 3.11. The molecule has 0 atom stereocenters. The van der Waals surface area contributed by atoms with Gasteiger partial charge in [0, 0.05) is 4.88 Å². The third-order valence-corrected chi connectivity index (χ3v) is 4.16. The monoisotopic (exact) mass is 269 g/mol. The topological polar surface area (TPSA) is 60.2 Å². The van der Waals surface area contributed by atoms with Crippen molar-refractivity contribution >= 4 is 33.7 Å². The first-order valence-electron chi connectivity index (χ1n) is 5.37. The molecule has 0 aliphatic carbocycles. The van der Waals surface area contributed by atoms with E-state index in [1.54, 1.807) is 11.3 Å². The van der Waals surface area contributed by atoms with Crippen LogP contribution in [0.15, 0.2) is 11.4 Å². The van der Waals surface area contributed by atoms with Gasteiger partial charge in [-0.05, 0) is 42.4 Å². The van der Waals surface area contributed by atoms with E-state index in [4.69, 9.17) is 10.5 Å². The van der Waals surface area contributed by atoms with Crippen molar-refractivity contribution in [1.29, 1.82) is 0 Å². The van der Waals surface area contributed by atoms with E-state index in [0.29, 0.717) is 18.2 Å². The maximum absolute atomic E-state index is 5.74. The largest absolute Gasteiger partial charge is 0.487 e. The van der Waals surface area contributed by atoms with Crippen LogP contribution in [0, 0.1) is 6.92 Å². The fourth-order valence-corrected chi connectivity index (χ4v) is 2.94. The van der Waals surface area contributed by atoms with Gasteiger partial charge in [0.1, 0.15) is 0 Å². The van der Waals surface area contributed by atoms with Crippen molar-refractivity contribution < 1.29 is 4.74 Å². The van der Waals surface area contributed by atoms with Crippen LogP contribution in [0.3, 0.4) is 0 Å². The molecule has 0 bridgehead atoms. The third kappa shape index (κ3) is 2.70. The van der Waals surface area contributed by atoms with Crippen LogP contribution in [-0.4, -0.2) is 11.0 Å². The maximum Gasteiger partial charge on any atom is 0.197 e. The molecule has 3 N–H and O–H groups in total. The van der Waals surface area contributed by atoms with E-state index >= 15 is 0 Å². The molecule has 0 amide bonds. The Morgan fingerprint density at radius 2 is 2.35 bits per heavy atom. The van der Waals surface area contributed by atoms with Gasteiger partial charge in [-0.15, -0.1) is 11.3 Å². The standard InChI is InChI=1S/C11H15N3OS2/c1-3-15-9-10(12)14-17-11(9)13-6-8-7(2)4-5-16-8/h4-5,13H,3,6H2,1-2H3,(H2,12,14). The lowest BCUT2D eigenvalue weighted by Gasteiger charge is -2.07. The van der Waals surface area contributed by atoms with Crippen molar-refractivity contribution in [2.24, 2.45) is 0 Å². The highest BCUT2D eigenvalue weighted by Crippen LogP contribution is 2.35. The number of thiophene rings is 1. The summed E-state index contributed by atoms with van der Waals surface area (Å²) in [5, 5.41) is 6.32. The van der Waals surface area contributed by atoms with Gasteiger partial charge in [-0.3, -0.25) is 0 Å². The Labute approximate surface area is 109 Å². The molecule has 0 spiro atoms. The molecular weight excluding hydrogens is 254 g/mol. The summed E-state index contributed by atoms with van der Waals surface area (Å²) in [7, 11) is 0. The van der Waals surface area contributed by atoms with Crippen LogP contribution in [0.4, 0.5) is 10.8 Å². The number of anilines is 2. The highest BCUT2D eigenvalue weighted by molar-refractivity contribution is 7.11. The fraction of sp³-hybridized carbons (Fsp3) is 0.364. The number of hydrogen-bond donors (Lipinski definition) is 2. The summed E-state index contributed by atoms with van der Waals surface area (Å²) in [5.41, 5.74) is 7.05. The summed E-state index contributed by atoms with van der Waals surface area (Å²) < 4.78 is 9.56. The highest BCUT2D eigenvalue weighted by Gasteiger charge is 2.12. The van der Waals surface area contributed by atoms with Crippen LogP contribution < -0.4 is 15.8 Å². The molecule has 2 rings (SSSR count). The van der Waals surface area contributed by atoms with Gasteiger partial charge >= 0.3 is 0 Å².